The molecule has 1 fully saturated rings. The highest BCUT2D eigenvalue weighted by Crippen LogP contribution is 2.39. The summed E-state index contributed by atoms with van der Waals surface area (Å²) in [6.07, 6.45) is 0.859. The summed E-state index contributed by atoms with van der Waals surface area (Å²) in [4.78, 5) is 2.15. The van der Waals surface area contributed by atoms with Gasteiger partial charge in [-0.1, -0.05) is 35.3 Å². The van der Waals surface area contributed by atoms with Crippen molar-refractivity contribution >= 4 is 50.2 Å². The van der Waals surface area contributed by atoms with Crippen molar-refractivity contribution < 1.29 is 17.5 Å². The molecule has 1 aliphatic heterocycles. The predicted molar refractivity (Wildman–Crippen MR) is 124 cm³/mol. The average molecular weight is 501 g/mol. The Bertz CT molecular complexity index is 1220. The van der Waals surface area contributed by atoms with Gasteiger partial charge in [0.15, 0.2) is 0 Å². The quantitative estimate of drug-likeness (QED) is 0.468. The molecule has 0 radical (unpaired) electrons. The smallest absolute Gasteiger partial charge is 0.272 e. The summed E-state index contributed by atoms with van der Waals surface area (Å²) >= 11 is 13.3. The largest absolute Gasteiger partial charge is 0.487 e. The van der Waals surface area contributed by atoms with Crippen LogP contribution < -0.4 is 9.46 Å². The number of thiophene rings is 1. The van der Waals surface area contributed by atoms with Crippen molar-refractivity contribution in [2.75, 3.05) is 24.9 Å². The molecule has 2 heterocycles. The van der Waals surface area contributed by atoms with Gasteiger partial charge in [-0.25, -0.2) is 12.8 Å². The summed E-state index contributed by atoms with van der Waals surface area (Å²) in [5.41, 5.74) is 1.07. The summed E-state index contributed by atoms with van der Waals surface area (Å²) in [5, 5.41) is 0.400. The fourth-order valence-corrected chi connectivity index (χ4v) is 6.54. The molecule has 2 aromatic carbocycles. The van der Waals surface area contributed by atoms with Crippen molar-refractivity contribution in [3.63, 3.8) is 0 Å². The maximum Gasteiger partial charge on any atom is 0.272 e. The molecule has 4 rings (SSSR count). The van der Waals surface area contributed by atoms with Crippen LogP contribution in [0.4, 0.5) is 10.1 Å². The first-order valence-electron chi connectivity index (χ1n) is 9.44. The molecule has 0 unspecified atom stereocenters. The molecule has 31 heavy (non-hydrogen) atoms. The third-order valence-corrected chi connectivity index (χ3v) is 8.36. The Balaban J connectivity index is 1.62. The van der Waals surface area contributed by atoms with Crippen molar-refractivity contribution in [1.82, 2.24) is 4.90 Å². The van der Waals surface area contributed by atoms with E-state index in [1.807, 2.05) is 7.05 Å². The Morgan fingerprint density at radius 1 is 1.19 bits per heavy atom. The number of anilines is 1. The minimum atomic E-state index is -4.00. The number of nitrogens with zero attached hydrogens (tertiary/aromatic N) is 1. The molecule has 3 aromatic rings. The third-order valence-electron chi connectivity index (χ3n) is 4.87. The Kier molecular flexibility index (Phi) is 6.46. The number of nitrogens with one attached hydrogen (secondary N) is 1. The molecule has 0 aliphatic carbocycles. The highest BCUT2D eigenvalue weighted by Gasteiger charge is 2.25. The highest BCUT2D eigenvalue weighted by atomic mass is 35.5. The first kappa shape index (κ1) is 22.4. The molecule has 0 amide bonds. The van der Waals surface area contributed by atoms with Gasteiger partial charge in [0.25, 0.3) is 10.0 Å². The molecule has 10 heteroatoms. The van der Waals surface area contributed by atoms with Gasteiger partial charge in [-0.15, -0.1) is 11.3 Å². The summed E-state index contributed by atoms with van der Waals surface area (Å²) in [6, 6.07) is 11.9. The highest BCUT2D eigenvalue weighted by molar-refractivity contribution is 7.94. The van der Waals surface area contributed by atoms with E-state index in [9.17, 15) is 12.8 Å². The molecule has 1 atom stereocenters. The lowest BCUT2D eigenvalue weighted by molar-refractivity contribution is 0.208. The lowest BCUT2D eigenvalue weighted by Crippen LogP contribution is -2.21. The van der Waals surface area contributed by atoms with Crippen LogP contribution in [0.3, 0.4) is 0 Å². The van der Waals surface area contributed by atoms with Gasteiger partial charge in [-0.2, -0.15) is 0 Å². The number of sulfonamides is 1. The first-order chi connectivity index (χ1) is 14.7. The second-order valence-corrected chi connectivity index (χ2v) is 11.3. The second kappa shape index (κ2) is 8.96. The third kappa shape index (κ3) is 5.15. The minimum absolute atomic E-state index is 0.00191. The summed E-state index contributed by atoms with van der Waals surface area (Å²) in [5.74, 6) is -0.0510. The minimum Gasteiger partial charge on any atom is -0.487 e. The van der Waals surface area contributed by atoms with Crippen LogP contribution in [0.2, 0.25) is 9.36 Å². The van der Waals surface area contributed by atoms with Gasteiger partial charge in [0.1, 0.15) is 21.9 Å². The molecule has 0 bridgehead atoms. The van der Waals surface area contributed by atoms with Crippen LogP contribution in [0.25, 0.3) is 11.1 Å². The SMILES string of the molecule is CN1CC[C@@H](Oc2cc(NS(=O)(=O)c3sc(Cl)cc3-c3cccc(F)c3)ccc2Cl)C1. The maximum atomic E-state index is 13.7. The van der Waals surface area contributed by atoms with Crippen molar-refractivity contribution in [2.24, 2.45) is 0 Å². The fraction of sp³-hybridized carbons (Fsp3) is 0.238. The molecule has 164 valence electrons. The lowest BCUT2D eigenvalue weighted by atomic mass is 10.1. The molecule has 0 saturated carbocycles. The Morgan fingerprint density at radius 2 is 2.00 bits per heavy atom. The van der Waals surface area contributed by atoms with E-state index in [1.54, 1.807) is 24.3 Å². The van der Waals surface area contributed by atoms with E-state index in [4.69, 9.17) is 27.9 Å². The standard InChI is InChI=1S/C21H19Cl2FN2O3S2/c1-26-8-7-16(12-26)29-19-10-15(5-6-18(19)22)25-31(27,28)21-17(11-20(23)30-21)13-3-2-4-14(24)9-13/h2-6,9-11,16,25H,7-8,12H2,1H3/t16-/m1/s1. The Morgan fingerprint density at radius 3 is 2.71 bits per heavy atom. The first-order valence-corrected chi connectivity index (χ1v) is 12.5. The Labute approximate surface area is 194 Å². The van der Waals surface area contributed by atoms with E-state index in [1.165, 1.54) is 24.3 Å². The van der Waals surface area contributed by atoms with Crippen LogP contribution in [0, 0.1) is 5.82 Å². The van der Waals surface area contributed by atoms with Gasteiger partial charge in [0.05, 0.1) is 15.0 Å². The number of likely N-dealkylation sites (N-methyl/N-ethyl adjacent to an activating group) is 1. The summed E-state index contributed by atoms with van der Waals surface area (Å²) < 4.78 is 48.8. The summed E-state index contributed by atoms with van der Waals surface area (Å²) in [7, 11) is -1.98. The number of hydrogen-bond donors (Lipinski definition) is 1. The number of ether oxygens (including phenoxy) is 1. The number of hydrogen-bond acceptors (Lipinski definition) is 5. The van der Waals surface area contributed by atoms with Crippen molar-refractivity contribution in [1.29, 1.82) is 0 Å². The van der Waals surface area contributed by atoms with Gasteiger partial charge in [-0.3, -0.25) is 4.72 Å². The normalized spacial score (nSPS) is 17.1. The van der Waals surface area contributed by atoms with Crippen LogP contribution in [0.5, 0.6) is 5.75 Å². The van der Waals surface area contributed by atoms with Gasteiger partial charge >= 0.3 is 0 Å². The number of likely N-dealkylation sites (tertiary alicyclic amines) is 1. The lowest BCUT2D eigenvalue weighted by Gasteiger charge is -2.16. The van der Waals surface area contributed by atoms with Gasteiger partial charge in [-0.05, 0) is 49.4 Å². The molecule has 1 saturated heterocycles. The monoisotopic (exact) mass is 500 g/mol. The van der Waals surface area contributed by atoms with E-state index >= 15 is 0 Å². The molecular weight excluding hydrogens is 482 g/mol. The van der Waals surface area contributed by atoms with E-state index in [0.717, 1.165) is 30.8 Å². The Hall–Kier alpha value is -1.84. The van der Waals surface area contributed by atoms with Crippen LogP contribution in [0.1, 0.15) is 6.42 Å². The number of rotatable bonds is 6. The van der Waals surface area contributed by atoms with Gasteiger partial charge in [0.2, 0.25) is 0 Å². The molecule has 0 spiro atoms. The van der Waals surface area contributed by atoms with Crippen molar-refractivity contribution in [2.45, 2.75) is 16.7 Å². The van der Waals surface area contributed by atoms with E-state index in [2.05, 4.69) is 9.62 Å². The molecular formula is C21H19Cl2FN2O3S2. The van der Waals surface area contributed by atoms with Crippen molar-refractivity contribution in [3.05, 3.63) is 63.7 Å². The van der Waals surface area contributed by atoms with Crippen molar-refractivity contribution in [3.8, 4) is 16.9 Å². The summed E-state index contributed by atoms with van der Waals surface area (Å²) in [6.45, 7) is 1.70. The topological polar surface area (TPSA) is 58.6 Å². The zero-order valence-electron chi connectivity index (χ0n) is 16.4. The molecule has 1 aromatic heterocycles. The van der Waals surface area contributed by atoms with E-state index < -0.39 is 15.8 Å². The zero-order chi connectivity index (χ0) is 22.2. The fourth-order valence-electron chi connectivity index (χ4n) is 3.43. The van der Waals surface area contributed by atoms with Gasteiger partial charge < -0.3 is 9.64 Å². The zero-order valence-corrected chi connectivity index (χ0v) is 19.6. The molecule has 1 aliphatic rings. The van der Waals surface area contributed by atoms with Crippen LogP contribution in [0.15, 0.2) is 52.7 Å². The molecule has 1 N–H and O–H groups in total. The average Bonchev–Trinajstić information content (AvgIpc) is 3.30. The predicted octanol–water partition coefficient (Wildman–Crippen LogP) is 5.74. The van der Waals surface area contributed by atoms with Crippen LogP contribution in [-0.2, 0) is 10.0 Å². The maximum absolute atomic E-state index is 13.7. The molecule has 5 nitrogen and oxygen atoms in total. The second-order valence-electron chi connectivity index (χ2n) is 7.30. The van der Waals surface area contributed by atoms with Crippen LogP contribution >= 0.6 is 34.5 Å². The number of halogens is 3. The van der Waals surface area contributed by atoms with E-state index in [0.29, 0.717) is 27.6 Å². The van der Waals surface area contributed by atoms with Crippen LogP contribution in [-0.4, -0.2) is 39.6 Å². The van der Waals surface area contributed by atoms with E-state index in [-0.39, 0.29) is 14.6 Å². The van der Waals surface area contributed by atoms with Gasteiger partial charge in [0, 0.05) is 24.7 Å². The number of benzene rings is 2.